The standard InChI is InChI=1S/C10H11B.2H2O/c11-10-5-3-9(4-6-10)7-8-1-2-8;;/h3-6,8H,1-2,7H2;2*1H2/q+2;;/p-2. The fourth-order valence-corrected chi connectivity index (χ4v) is 1.31. The molecule has 2 N–H and O–H groups in total. The summed E-state index contributed by atoms with van der Waals surface area (Å²) in [5.41, 5.74) is 2.30. The normalized spacial score (nSPS) is 14.3. The van der Waals surface area contributed by atoms with Gasteiger partial charge in [0.05, 0.1) is 0 Å². The van der Waals surface area contributed by atoms with E-state index in [-0.39, 0.29) is 11.0 Å². The van der Waals surface area contributed by atoms with Gasteiger partial charge in [0.1, 0.15) is 0 Å². The van der Waals surface area contributed by atoms with Crippen LogP contribution >= 0.6 is 0 Å². The van der Waals surface area contributed by atoms with Gasteiger partial charge in [-0.2, -0.15) is 0 Å². The van der Waals surface area contributed by atoms with Gasteiger partial charge in [-0.1, -0.05) is 0 Å². The van der Waals surface area contributed by atoms with Crippen molar-refractivity contribution in [3.63, 3.8) is 0 Å². The van der Waals surface area contributed by atoms with Gasteiger partial charge in [-0.25, -0.2) is 0 Å². The van der Waals surface area contributed by atoms with Gasteiger partial charge in [-0.15, -0.1) is 0 Å². The Balaban J connectivity index is 0.000000720. The van der Waals surface area contributed by atoms with Gasteiger partial charge >= 0.3 is 68.3 Å². The molecule has 1 aromatic carbocycles. The van der Waals surface area contributed by atoms with E-state index in [0.717, 1.165) is 11.4 Å². The molecular weight excluding hydrogens is 163 g/mol. The van der Waals surface area contributed by atoms with E-state index in [0.29, 0.717) is 0 Å². The Hall–Kier alpha value is -0.795. The van der Waals surface area contributed by atoms with Crippen LogP contribution in [0.2, 0.25) is 0 Å². The fraction of sp³-hybridized carbons (Fsp3) is 0.400. The second kappa shape index (κ2) is 5.05. The Labute approximate surface area is 80.0 Å². The van der Waals surface area contributed by atoms with Gasteiger partial charge in [-0.05, 0) is 0 Å². The summed E-state index contributed by atoms with van der Waals surface area (Å²) in [4.78, 5) is 0. The van der Waals surface area contributed by atoms with Crippen LogP contribution in [0.1, 0.15) is 18.4 Å². The molecule has 1 saturated carbocycles. The molecule has 0 aliphatic heterocycles. The first-order chi connectivity index (χ1) is 5.34. The molecule has 0 saturated heterocycles. The van der Waals surface area contributed by atoms with Crippen LogP contribution in [0.3, 0.4) is 0 Å². The van der Waals surface area contributed by atoms with Gasteiger partial charge in [-0.3, -0.25) is 0 Å². The molecule has 1 aliphatic carbocycles. The predicted molar refractivity (Wildman–Crippen MR) is 52.1 cm³/mol. The molecule has 0 spiro atoms. The monoisotopic (exact) mass is 176 g/mol. The minimum atomic E-state index is 0. The summed E-state index contributed by atoms with van der Waals surface area (Å²) in [7, 11) is 5.57. The molecule has 1 aromatic rings. The molecule has 0 heterocycles. The molecule has 0 radical (unpaired) electrons. The third-order valence-corrected chi connectivity index (χ3v) is 2.20. The maximum Gasteiger partial charge on any atom is -0.870 e. The van der Waals surface area contributed by atoms with E-state index in [4.69, 9.17) is 7.85 Å². The number of rotatable bonds is 2. The van der Waals surface area contributed by atoms with Crippen LogP contribution in [0.15, 0.2) is 24.3 Å². The SMILES string of the molecule is [B+2]c1ccc(CC2CC2)cc1.[OH-].[OH-]. The van der Waals surface area contributed by atoms with Gasteiger partial charge in [0, 0.05) is 0 Å². The third-order valence-electron chi connectivity index (χ3n) is 2.20. The van der Waals surface area contributed by atoms with Crippen molar-refractivity contribution in [2.75, 3.05) is 0 Å². The summed E-state index contributed by atoms with van der Waals surface area (Å²) in [5, 5.41) is 0. The van der Waals surface area contributed by atoms with E-state index in [1.807, 2.05) is 12.1 Å². The van der Waals surface area contributed by atoms with E-state index in [1.165, 1.54) is 24.8 Å². The topological polar surface area (TPSA) is 60.0 Å². The first-order valence-electron chi connectivity index (χ1n) is 4.19. The van der Waals surface area contributed by atoms with Crippen molar-refractivity contribution in [1.29, 1.82) is 0 Å². The summed E-state index contributed by atoms with van der Waals surface area (Å²) in [5.74, 6) is 0.971. The Morgan fingerprint density at radius 2 is 1.62 bits per heavy atom. The van der Waals surface area contributed by atoms with Crippen molar-refractivity contribution in [3.05, 3.63) is 29.8 Å². The average Bonchev–Trinajstić information content (AvgIpc) is 2.78. The number of hydrogen-bond donors (Lipinski definition) is 0. The molecule has 0 unspecified atom stereocenters. The van der Waals surface area contributed by atoms with Crippen molar-refractivity contribution in [1.82, 2.24) is 0 Å². The largest absolute Gasteiger partial charge is 0.870 e. The average molecular weight is 176 g/mol. The van der Waals surface area contributed by atoms with Crippen LogP contribution in [0, 0.1) is 5.92 Å². The van der Waals surface area contributed by atoms with Crippen molar-refractivity contribution in [2.45, 2.75) is 19.3 Å². The molecule has 0 amide bonds. The zero-order chi connectivity index (χ0) is 7.68. The van der Waals surface area contributed by atoms with Crippen LogP contribution in [0.25, 0.3) is 0 Å². The first-order valence-corrected chi connectivity index (χ1v) is 4.19. The van der Waals surface area contributed by atoms with Gasteiger partial charge in [0.2, 0.25) is 0 Å². The van der Waals surface area contributed by atoms with Gasteiger partial charge in [0.15, 0.2) is 0 Å². The summed E-state index contributed by atoms with van der Waals surface area (Å²) in [6.07, 6.45) is 4.09. The number of hydrogen-bond acceptors (Lipinski definition) is 2. The van der Waals surface area contributed by atoms with Crippen molar-refractivity contribution >= 4 is 13.3 Å². The van der Waals surface area contributed by atoms with Gasteiger partial charge in [0.25, 0.3) is 0 Å². The minimum absolute atomic E-state index is 0. The molecule has 0 atom stereocenters. The van der Waals surface area contributed by atoms with Crippen molar-refractivity contribution in [2.24, 2.45) is 5.92 Å². The summed E-state index contributed by atoms with van der Waals surface area (Å²) in [6, 6.07) is 8.23. The van der Waals surface area contributed by atoms with Gasteiger partial charge < -0.3 is 11.0 Å². The van der Waals surface area contributed by atoms with E-state index in [1.54, 1.807) is 0 Å². The molecular formula is C10H13BO2. The van der Waals surface area contributed by atoms with Crippen LogP contribution in [0.5, 0.6) is 0 Å². The van der Waals surface area contributed by atoms with Crippen molar-refractivity contribution in [3.8, 4) is 0 Å². The Morgan fingerprint density at radius 1 is 1.08 bits per heavy atom. The molecule has 2 nitrogen and oxygen atoms in total. The van der Waals surface area contributed by atoms with Crippen LogP contribution in [-0.4, -0.2) is 18.8 Å². The Morgan fingerprint density at radius 3 is 2.08 bits per heavy atom. The molecule has 1 fully saturated rings. The molecule has 0 aromatic heterocycles. The quantitative estimate of drug-likeness (QED) is 0.633. The van der Waals surface area contributed by atoms with Crippen LogP contribution in [0.4, 0.5) is 0 Å². The summed E-state index contributed by atoms with van der Waals surface area (Å²) >= 11 is 0. The Bertz CT molecular complexity index is 242. The summed E-state index contributed by atoms with van der Waals surface area (Å²) < 4.78 is 0. The van der Waals surface area contributed by atoms with E-state index >= 15 is 0 Å². The Kier molecular flexibility index (Phi) is 4.74. The molecule has 0 bridgehead atoms. The second-order valence-electron chi connectivity index (χ2n) is 3.39. The maximum atomic E-state index is 5.57. The smallest absolute Gasteiger partial charge is 0.870 e. The van der Waals surface area contributed by atoms with Crippen LogP contribution in [-0.2, 0) is 6.42 Å². The third kappa shape index (κ3) is 3.62. The first kappa shape index (κ1) is 12.2. The predicted octanol–water partition coefficient (Wildman–Crippen LogP) is 1.08. The zero-order valence-corrected chi connectivity index (χ0v) is 7.48. The van der Waals surface area contributed by atoms with E-state index in [2.05, 4.69) is 12.1 Å². The minimum Gasteiger partial charge on any atom is -0.870 e. The summed E-state index contributed by atoms with van der Waals surface area (Å²) in [6.45, 7) is 0. The van der Waals surface area contributed by atoms with E-state index < -0.39 is 0 Å². The fourth-order valence-electron chi connectivity index (χ4n) is 1.31. The second-order valence-corrected chi connectivity index (χ2v) is 3.39. The molecule has 1 aliphatic rings. The molecule has 13 heavy (non-hydrogen) atoms. The van der Waals surface area contributed by atoms with Crippen molar-refractivity contribution < 1.29 is 11.0 Å². The molecule has 2 rings (SSSR count). The molecule has 68 valence electrons. The number of benzene rings is 1. The van der Waals surface area contributed by atoms with Crippen LogP contribution < -0.4 is 5.46 Å². The zero-order valence-electron chi connectivity index (χ0n) is 7.48. The maximum absolute atomic E-state index is 5.57. The molecule has 3 heteroatoms. The van der Waals surface area contributed by atoms with E-state index in [9.17, 15) is 0 Å².